The first-order valence-corrected chi connectivity index (χ1v) is 10.5. The standard InChI is InChI=1S/C22H15Cl3FN3O3/c23-16-3-1-5-18(26)15(16)11-29-10-13(9-27-29)28-22(30)20-8-7-14(32-20)12-31-19-6-2-4-17(24)21(19)25/h1-10H,11-12H2,(H,28,30). The molecule has 0 saturated carbocycles. The molecule has 2 heterocycles. The van der Waals surface area contributed by atoms with E-state index in [9.17, 15) is 9.18 Å². The predicted molar refractivity (Wildman–Crippen MR) is 120 cm³/mol. The quantitative estimate of drug-likeness (QED) is 0.320. The van der Waals surface area contributed by atoms with Gasteiger partial charge in [-0.15, -0.1) is 0 Å². The first-order valence-electron chi connectivity index (χ1n) is 9.33. The van der Waals surface area contributed by atoms with Crippen LogP contribution in [0, 0.1) is 5.82 Å². The topological polar surface area (TPSA) is 69.3 Å². The van der Waals surface area contributed by atoms with Gasteiger partial charge in [0.15, 0.2) is 5.76 Å². The molecule has 0 atom stereocenters. The van der Waals surface area contributed by atoms with Crippen molar-refractivity contribution >= 4 is 46.4 Å². The largest absolute Gasteiger partial charge is 0.484 e. The van der Waals surface area contributed by atoms with Gasteiger partial charge in [-0.05, 0) is 36.4 Å². The van der Waals surface area contributed by atoms with Crippen molar-refractivity contribution in [2.24, 2.45) is 0 Å². The predicted octanol–water partition coefficient (Wildman–Crippen LogP) is 6.46. The Labute approximate surface area is 197 Å². The second-order valence-electron chi connectivity index (χ2n) is 6.69. The zero-order valence-electron chi connectivity index (χ0n) is 16.3. The van der Waals surface area contributed by atoms with Crippen LogP contribution in [-0.2, 0) is 13.2 Å². The van der Waals surface area contributed by atoms with Gasteiger partial charge in [0.1, 0.15) is 29.0 Å². The summed E-state index contributed by atoms with van der Waals surface area (Å²) in [5.74, 6) is 0.0224. The number of nitrogens with one attached hydrogen (secondary N) is 1. The number of nitrogens with zero attached hydrogens (tertiary/aromatic N) is 2. The van der Waals surface area contributed by atoms with Gasteiger partial charge in [-0.3, -0.25) is 9.48 Å². The van der Waals surface area contributed by atoms with Crippen LogP contribution in [0.15, 0.2) is 65.3 Å². The number of amides is 1. The van der Waals surface area contributed by atoms with E-state index in [4.69, 9.17) is 44.0 Å². The molecule has 0 aliphatic rings. The summed E-state index contributed by atoms with van der Waals surface area (Å²) in [6.45, 7) is 0.185. The summed E-state index contributed by atoms with van der Waals surface area (Å²) in [6.07, 6.45) is 3.01. The molecule has 1 amide bonds. The summed E-state index contributed by atoms with van der Waals surface area (Å²) in [6, 6.07) is 12.6. The Bertz CT molecular complexity index is 1250. The molecule has 164 valence electrons. The van der Waals surface area contributed by atoms with Crippen molar-refractivity contribution in [1.29, 1.82) is 0 Å². The second kappa shape index (κ2) is 9.65. The van der Waals surface area contributed by atoms with E-state index < -0.39 is 11.7 Å². The van der Waals surface area contributed by atoms with Gasteiger partial charge in [-0.2, -0.15) is 5.10 Å². The normalized spacial score (nSPS) is 10.9. The lowest BCUT2D eigenvalue weighted by Crippen LogP contribution is -2.10. The smallest absolute Gasteiger partial charge is 0.291 e. The van der Waals surface area contributed by atoms with Crippen molar-refractivity contribution < 1.29 is 18.3 Å². The summed E-state index contributed by atoms with van der Waals surface area (Å²) in [5, 5.41) is 7.78. The highest BCUT2D eigenvalue weighted by Crippen LogP contribution is 2.32. The van der Waals surface area contributed by atoms with E-state index in [0.717, 1.165) is 0 Å². The SMILES string of the molecule is O=C(Nc1cnn(Cc2c(F)cccc2Cl)c1)c1ccc(COc2cccc(Cl)c2Cl)o1. The average Bonchev–Trinajstić information content (AvgIpc) is 3.41. The van der Waals surface area contributed by atoms with E-state index >= 15 is 0 Å². The third kappa shape index (κ3) is 5.07. The zero-order valence-corrected chi connectivity index (χ0v) is 18.6. The van der Waals surface area contributed by atoms with Crippen LogP contribution < -0.4 is 10.1 Å². The number of hydrogen-bond donors (Lipinski definition) is 1. The van der Waals surface area contributed by atoms with Gasteiger partial charge in [-0.25, -0.2) is 4.39 Å². The monoisotopic (exact) mass is 493 g/mol. The first kappa shape index (κ1) is 22.2. The Morgan fingerprint density at radius 1 is 1.09 bits per heavy atom. The molecule has 0 saturated heterocycles. The minimum atomic E-state index is -0.472. The van der Waals surface area contributed by atoms with Crippen LogP contribution in [0.4, 0.5) is 10.1 Å². The van der Waals surface area contributed by atoms with Crippen LogP contribution in [0.2, 0.25) is 15.1 Å². The Kier molecular flexibility index (Phi) is 6.69. The molecule has 0 radical (unpaired) electrons. The van der Waals surface area contributed by atoms with Crippen LogP contribution in [0.5, 0.6) is 5.75 Å². The molecule has 0 spiro atoms. The summed E-state index contributed by atoms with van der Waals surface area (Å²) in [4.78, 5) is 12.5. The molecule has 0 fully saturated rings. The number of hydrogen-bond acceptors (Lipinski definition) is 4. The van der Waals surface area contributed by atoms with E-state index in [-0.39, 0.29) is 18.9 Å². The molecule has 10 heteroatoms. The van der Waals surface area contributed by atoms with E-state index in [2.05, 4.69) is 10.4 Å². The maximum absolute atomic E-state index is 14.0. The van der Waals surface area contributed by atoms with Gasteiger partial charge in [-0.1, -0.05) is 46.9 Å². The average molecular weight is 495 g/mol. The van der Waals surface area contributed by atoms with Crippen LogP contribution >= 0.6 is 34.8 Å². The Morgan fingerprint density at radius 2 is 1.88 bits per heavy atom. The van der Waals surface area contributed by atoms with Gasteiger partial charge < -0.3 is 14.5 Å². The Morgan fingerprint density at radius 3 is 2.69 bits per heavy atom. The van der Waals surface area contributed by atoms with E-state index in [1.54, 1.807) is 36.5 Å². The van der Waals surface area contributed by atoms with Crippen LogP contribution in [0.25, 0.3) is 0 Å². The number of anilines is 1. The van der Waals surface area contributed by atoms with E-state index in [1.807, 2.05) is 0 Å². The lowest BCUT2D eigenvalue weighted by atomic mass is 10.2. The second-order valence-corrected chi connectivity index (χ2v) is 7.88. The van der Waals surface area contributed by atoms with Crippen molar-refractivity contribution in [3.05, 3.63) is 98.9 Å². The van der Waals surface area contributed by atoms with Crippen LogP contribution in [0.1, 0.15) is 21.9 Å². The third-order valence-electron chi connectivity index (χ3n) is 4.44. The molecule has 1 N–H and O–H groups in total. The third-order valence-corrected chi connectivity index (χ3v) is 5.60. The van der Waals surface area contributed by atoms with Gasteiger partial charge >= 0.3 is 0 Å². The highest BCUT2D eigenvalue weighted by atomic mass is 35.5. The first-order chi connectivity index (χ1) is 15.4. The molecule has 2 aromatic heterocycles. The maximum Gasteiger partial charge on any atom is 0.291 e. The van der Waals surface area contributed by atoms with Gasteiger partial charge in [0.2, 0.25) is 0 Å². The maximum atomic E-state index is 14.0. The fourth-order valence-corrected chi connectivity index (χ4v) is 3.44. The minimum absolute atomic E-state index is 0.0642. The number of rotatable bonds is 7. The molecule has 2 aromatic carbocycles. The van der Waals surface area contributed by atoms with Crippen LogP contribution in [0.3, 0.4) is 0 Å². The highest BCUT2D eigenvalue weighted by molar-refractivity contribution is 6.42. The fourth-order valence-electron chi connectivity index (χ4n) is 2.87. The molecular weight excluding hydrogens is 480 g/mol. The number of benzene rings is 2. The van der Waals surface area contributed by atoms with Crippen molar-refractivity contribution in [2.75, 3.05) is 5.32 Å². The zero-order chi connectivity index (χ0) is 22.7. The molecule has 0 aliphatic carbocycles. The summed E-state index contributed by atoms with van der Waals surface area (Å²) in [7, 11) is 0. The van der Waals surface area contributed by atoms with Crippen molar-refractivity contribution in [1.82, 2.24) is 9.78 Å². The lowest BCUT2D eigenvalue weighted by Gasteiger charge is -2.07. The highest BCUT2D eigenvalue weighted by Gasteiger charge is 2.15. The minimum Gasteiger partial charge on any atom is -0.484 e. The van der Waals surface area contributed by atoms with Crippen LogP contribution in [-0.4, -0.2) is 15.7 Å². The van der Waals surface area contributed by atoms with Gasteiger partial charge in [0, 0.05) is 16.8 Å². The molecular formula is C22H15Cl3FN3O3. The number of carbonyl (C=O) groups excluding carboxylic acids is 1. The number of halogens is 4. The van der Waals surface area contributed by atoms with Gasteiger partial charge in [0.05, 0.1) is 23.5 Å². The molecule has 0 unspecified atom stereocenters. The number of ether oxygens (including phenoxy) is 1. The molecule has 4 aromatic rings. The Hall–Kier alpha value is -3.00. The fraction of sp³-hybridized carbons (Fsp3) is 0.0909. The van der Waals surface area contributed by atoms with Crippen molar-refractivity contribution in [2.45, 2.75) is 13.2 Å². The number of aromatic nitrogens is 2. The number of furan rings is 1. The van der Waals surface area contributed by atoms with Crippen molar-refractivity contribution in [3.63, 3.8) is 0 Å². The summed E-state index contributed by atoms with van der Waals surface area (Å²) in [5.41, 5.74) is 0.730. The lowest BCUT2D eigenvalue weighted by molar-refractivity contribution is 0.0992. The van der Waals surface area contributed by atoms with Crippen molar-refractivity contribution in [3.8, 4) is 5.75 Å². The van der Waals surface area contributed by atoms with E-state index in [1.165, 1.54) is 29.1 Å². The molecule has 0 bridgehead atoms. The summed E-state index contributed by atoms with van der Waals surface area (Å²) >= 11 is 18.1. The molecule has 32 heavy (non-hydrogen) atoms. The Balaban J connectivity index is 1.37. The van der Waals surface area contributed by atoms with E-state index in [0.29, 0.717) is 37.8 Å². The molecule has 6 nitrogen and oxygen atoms in total. The molecule has 0 aliphatic heterocycles. The van der Waals surface area contributed by atoms with Gasteiger partial charge in [0.25, 0.3) is 5.91 Å². The summed E-state index contributed by atoms with van der Waals surface area (Å²) < 4.78 is 26.6. The molecule has 4 rings (SSSR count). The number of carbonyl (C=O) groups is 1.